The van der Waals surface area contributed by atoms with Crippen LogP contribution in [0.3, 0.4) is 0 Å². The van der Waals surface area contributed by atoms with Gasteiger partial charge in [0.15, 0.2) is 11.8 Å². The van der Waals surface area contributed by atoms with Crippen molar-refractivity contribution in [2.45, 2.75) is 42.7 Å². The zero-order chi connectivity index (χ0) is 32.8. The normalized spacial score (nSPS) is 16.8. The smallest absolute Gasteiger partial charge is 0.359 e. The highest BCUT2D eigenvalue weighted by molar-refractivity contribution is 8.72. The fourth-order valence-electron chi connectivity index (χ4n) is 5.00. The quantitative estimate of drug-likeness (QED) is 0.0719. The van der Waals surface area contributed by atoms with E-state index in [1.54, 1.807) is 84.9 Å². The van der Waals surface area contributed by atoms with Gasteiger partial charge in [0.1, 0.15) is 17.2 Å². The Balaban J connectivity index is 1.46. The number of amides is 2. The Labute approximate surface area is 271 Å². The van der Waals surface area contributed by atoms with E-state index in [0.29, 0.717) is 27.5 Å². The molecule has 2 atom stereocenters. The molecule has 4 aromatic carbocycles. The number of nitrogens with one attached hydrogen (secondary N) is 1. The number of hydrogen-bond donors (Lipinski definition) is 2. The molecule has 4 aromatic rings. The maximum Gasteiger partial charge on any atom is 0.359 e. The Kier molecular flexibility index (Phi) is 9.93. The van der Waals surface area contributed by atoms with Gasteiger partial charge < -0.3 is 15.2 Å². The van der Waals surface area contributed by atoms with E-state index in [1.165, 1.54) is 19.1 Å². The predicted molar refractivity (Wildman–Crippen MR) is 175 cm³/mol. The zero-order valence-electron chi connectivity index (χ0n) is 25.1. The second-order valence-corrected chi connectivity index (χ2v) is 14.7. The summed E-state index contributed by atoms with van der Waals surface area (Å²) in [5.74, 6) is -2.87. The molecule has 2 N–H and O–H groups in total. The molecule has 1 saturated heterocycles. The van der Waals surface area contributed by atoms with Crippen molar-refractivity contribution < 1.29 is 32.6 Å². The molecule has 1 heterocycles. The summed E-state index contributed by atoms with van der Waals surface area (Å²) in [7, 11) is -3.70. The molecular weight excluding hydrogens is 625 g/mol. The average molecular weight is 657 g/mol. The van der Waals surface area contributed by atoms with Crippen LogP contribution in [0.2, 0.25) is 0 Å². The van der Waals surface area contributed by atoms with Crippen molar-refractivity contribution in [2.75, 3.05) is 0 Å². The van der Waals surface area contributed by atoms with E-state index in [-0.39, 0.29) is 11.3 Å². The highest BCUT2D eigenvalue weighted by Crippen LogP contribution is 2.41. The van der Waals surface area contributed by atoms with E-state index in [4.69, 9.17) is 4.74 Å². The Morgan fingerprint density at radius 3 is 1.91 bits per heavy atom. The van der Waals surface area contributed by atoms with Crippen LogP contribution >= 0.6 is 10.8 Å². The van der Waals surface area contributed by atoms with Crippen LogP contribution in [0.15, 0.2) is 132 Å². The molecule has 5 rings (SSSR count). The number of nitrogens with zero attached hydrogens (tertiary/aromatic N) is 1. The number of hydrogen-bond acceptors (Lipinski definition) is 8. The third-order valence-electron chi connectivity index (χ3n) is 7.31. The van der Waals surface area contributed by atoms with Crippen molar-refractivity contribution in [1.82, 2.24) is 10.2 Å². The number of likely N-dealkylation sites (tertiary alicyclic amines) is 1. The Bertz CT molecular complexity index is 1800. The van der Waals surface area contributed by atoms with Crippen molar-refractivity contribution >= 4 is 37.4 Å². The minimum Gasteiger partial charge on any atom is -0.510 e. The molecule has 2 unspecified atom stereocenters. The van der Waals surface area contributed by atoms with Crippen LogP contribution in [0, 0.1) is 6.92 Å². The van der Waals surface area contributed by atoms with Crippen molar-refractivity contribution in [3.05, 3.63) is 149 Å². The van der Waals surface area contributed by atoms with Gasteiger partial charge in [-0.3, -0.25) is 14.5 Å². The molecule has 11 heteroatoms. The molecule has 236 valence electrons. The summed E-state index contributed by atoms with van der Waals surface area (Å²) in [6.07, 6.45) is -0.948. The topological polar surface area (TPSA) is 130 Å². The van der Waals surface area contributed by atoms with E-state index in [0.717, 1.165) is 10.5 Å². The molecule has 0 aliphatic carbocycles. The maximum atomic E-state index is 13.8. The van der Waals surface area contributed by atoms with Gasteiger partial charge in [-0.2, -0.15) is 0 Å². The highest BCUT2D eigenvalue weighted by atomic mass is 33.1. The first-order valence-electron chi connectivity index (χ1n) is 14.4. The van der Waals surface area contributed by atoms with E-state index in [9.17, 15) is 27.9 Å². The summed E-state index contributed by atoms with van der Waals surface area (Å²) in [4.78, 5) is 41.3. The lowest BCUT2D eigenvalue weighted by Gasteiger charge is -2.46. The maximum absolute atomic E-state index is 13.8. The van der Waals surface area contributed by atoms with Crippen LogP contribution in [0.25, 0.3) is 0 Å². The summed E-state index contributed by atoms with van der Waals surface area (Å²) in [6.45, 7) is 3.03. The molecule has 2 amide bonds. The first kappa shape index (κ1) is 32.5. The lowest BCUT2D eigenvalue weighted by atomic mass is 10.0. The minimum absolute atomic E-state index is 0.0150. The predicted octanol–water partition coefficient (Wildman–Crippen LogP) is 5.44. The average Bonchev–Trinajstić information content (AvgIpc) is 3.05. The van der Waals surface area contributed by atoms with E-state index >= 15 is 0 Å². The van der Waals surface area contributed by atoms with Crippen LogP contribution in [-0.2, 0) is 34.4 Å². The Morgan fingerprint density at radius 2 is 1.39 bits per heavy atom. The lowest BCUT2D eigenvalue weighted by Crippen LogP contribution is -2.70. The number of carbonyl (C=O) groups excluding carboxylic acids is 3. The second-order valence-electron chi connectivity index (χ2n) is 10.7. The molecule has 9 nitrogen and oxygen atoms in total. The number of carbonyl (C=O) groups is 3. The molecule has 46 heavy (non-hydrogen) atoms. The number of aryl methyl sites for hydroxylation is 1. The van der Waals surface area contributed by atoms with Crippen molar-refractivity contribution in [3.8, 4) is 0 Å². The molecule has 1 fully saturated rings. The Hall–Kier alpha value is -4.87. The number of rotatable bonds is 11. The summed E-state index contributed by atoms with van der Waals surface area (Å²) in [6, 6.07) is 31.6. The van der Waals surface area contributed by atoms with Gasteiger partial charge in [-0.15, -0.1) is 0 Å². The van der Waals surface area contributed by atoms with Crippen molar-refractivity contribution in [2.24, 2.45) is 0 Å². The standard InChI is InChI=1S/C35H32N2O7S2/c1-23-18-20-28(21-19-23)46(42,43)45-34-30(36-29(39)22-25-12-6-3-7-13-25)33(40)37(34)31(24(2)38)35(41)44-32(26-14-8-4-9-15-26)27-16-10-5-11-17-27/h3-21,30,32,34,38H,22H2,1-2H3,(H,36,39). The first-order valence-corrected chi connectivity index (χ1v) is 17.3. The van der Waals surface area contributed by atoms with E-state index in [2.05, 4.69) is 5.32 Å². The number of allylic oxidation sites excluding steroid dienone is 1. The van der Waals surface area contributed by atoms with Gasteiger partial charge in [-0.05, 0) is 42.7 Å². The van der Waals surface area contributed by atoms with Crippen molar-refractivity contribution in [3.63, 3.8) is 0 Å². The van der Waals surface area contributed by atoms with Gasteiger partial charge in [0, 0.05) is 10.8 Å². The zero-order valence-corrected chi connectivity index (χ0v) is 26.7. The third kappa shape index (κ3) is 7.32. The monoisotopic (exact) mass is 656 g/mol. The SMILES string of the molecule is CC(O)=C(C(=O)OC(c1ccccc1)c1ccccc1)N1C(=O)C(NC(=O)Cc2ccccc2)C1SS(=O)(=O)c1ccc(C)cc1. The summed E-state index contributed by atoms with van der Waals surface area (Å²) < 4.78 is 33.0. The fourth-order valence-corrected chi connectivity index (χ4v) is 8.46. The van der Waals surface area contributed by atoms with Gasteiger partial charge in [0.05, 0.1) is 11.3 Å². The van der Waals surface area contributed by atoms with Gasteiger partial charge >= 0.3 is 5.97 Å². The second kappa shape index (κ2) is 14.1. The fraction of sp³-hybridized carbons (Fsp3) is 0.171. The van der Waals surface area contributed by atoms with Crippen LogP contribution in [-0.4, -0.2) is 47.6 Å². The lowest BCUT2D eigenvalue weighted by molar-refractivity contribution is -0.154. The highest BCUT2D eigenvalue weighted by Gasteiger charge is 2.55. The largest absolute Gasteiger partial charge is 0.510 e. The van der Waals surface area contributed by atoms with Gasteiger partial charge in [0.2, 0.25) is 14.8 Å². The minimum atomic E-state index is -4.10. The van der Waals surface area contributed by atoms with Crippen LogP contribution in [0.5, 0.6) is 0 Å². The molecular formula is C35H32N2O7S2. The number of aliphatic hydroxyl groups is 1. The molecule has 0 aromatic heterocycles. The summed E-state index contributed by atoms with van der Waals surface area (Å²) >= 11 is 0. The molecule has 0 saturated carbocycles. The number of esters is 1. The van der Waals surface area contributed by atoms with Gasteiger partial charge in [-0.25, -0.2) is 13.2 Å². The molecule has 0 spiro atoms. The van der Waals surface area contributed by atoms with Gasteiger partial charge in [-0.1, -0.05) is 109 Å². The number of aliphatic hydroxyl groups excluding tert-OH is 1. The molecule has 0 bridgehead atoms. The first-order chi connectivity index (χ1) is 22.0. The Morgan fingerprint density at radius 1 is 0.870 bits per heavy atom. The third-order valence-corrected chi connectivity index (χ3v) is 11.0. The molecule has 0 radical (unpaired) electrons. The van der Waals surface area contributed by atoms with Crippen molar-refractivity contribution in [1.29, 1.82) is 0 Å². The van der Waals surface area contributed by atoms with E-state index in [1.807, 2.05) is 25.1 Å². The molecule has 1 aliphatic rings. The van der Waals surface area contributed by atoms with E-state index < -0.39 is 55.6 Å². The number of β-lactam (4-membered cyclic amide) rings is 1. The van der Waals surface area contributed by atoms with Crippen LogP contribution in [0.4, 0.5) is 0 Å². The van der Waals surface area contributed by atoms with Crippen LogP contribution in [0.1, 0.15) is 35.3 Å². The summed E-state index contributed by atoms with van der Waals surface area (Å²) in [5.41, 5.74) is 2.32. The number of ether oxygens (including phenoxy) is 1. The van der Waals surface area contributed by atoms with Gasteiger partial charge in [0.25, 0.3) is 5.91 Å². The number of benzene rings is 4. The van der Waals surface area contributed by atoms with Crippen LogP contribution < -0.4 is 5.32 Å². The summed E-state index contributed by atoms with van der Waals surface area (Å²) in [5, 5.41) is 12.1. The molecule has 1 aliphatic heterocycles.